The van der Waals surface area contributed by atoms with Crippen molar-refractivity contribution in [1.82, 2.24) is 9.55 Å². The normalized spacial score (nSPS) is 14.9. The third-order valence-corrected chi connectivity index (χ3v) is 3.24. The van der Waals surface area contributed by atoms with E-state index in [1.165, 1.54) is 0 Å². The van der Waals surface area contributed by atoms with E-state index in [0.717, 1.165) is 13.1 Å². The van der Waals surface area contributed by atoms with Gasteiger partial charge >= 0.3 is 29.6 Å². The van der Waals surface area contributed by atoms with E-state index in [0.29, 0.717) is 29.5 Å². The van der Waals surface area contributed by atoms with Gasteiger partial charge in [-0.25, -0.2) is 4.98 Å². The summed E-state index contributed by atoms with van der Waals surface area (Å²) in [5.41, 5.74) is 0. The topological polar surface area (TPSA) is 70.4 Å². The van der Waals surface area contributed by atoms with Crippen LogP contribution in [0.1, 0.15) is 5.82 Å². The Bertz CT molecular complexity index is 514. The summed E-state index contributed by atoms with van der Waals surface area (Å²) < 4.78 is 7.42. The predicted molar refractivity (Wildman–Crippen MR) is 65.8 cm³/mol. The van der Waals surface area contributed by atoms with Crippen molar-refractivity contribution in [2.75, 3.05) is 31.2 Å². The molecule has 1 aromatic rings. The quantitative estimate of drug-likeness (QED) is 0.421. The van der Waals surface area contributed by atoms with Crippen molar-refractivity contribution in [2.24, 2.45) is 7.05 Å². The number of nitrogens with zero attached hydrogens (tertiary/aromatic N) is 3. The summed E-state index contributed by atoms with van der Waals surface area (Å²) in [5.74, 6) is -0.0479. The number of hydrogen-bond donors (Lipinski definition) is 0. The van der Waals surface area contributed by atoms with Crippen LogP contribution >= 0.6 is 12.2 Å². The van der Waals surface area contributed by atoms with E-state index >= 15 is 0 Å². The predicted octanol–water partition coefficient (Wildman–Crippen LogP) is -3.72. The van der Waals surface area contributed by atoms with Gasteiger partial charge in [-0.1, -0.05) is 12.2 Å². The number of hydrogen-bond acceptors (Lipinski definition) is 6. The first-order chi connectivity index (χ1) is 8.58. The number of carbonyl (C=O) groups excluding carboxylic acids is 1. The van der Waals surface area contributed by atoms with Gasteiger partial charge in [0.05, 0.1) is 13.2 Å². The molecule has 1 saturated heterocycles. The summed E-state index contributed by atoms with van der Waals surface area (Å²) in [6.45, 7) is 2.76. The zero-order chi connectivity index (χ0) is 13.1. The molecular formula is C11H14N3NaO3S. The Morgan fingerprint density at radius 2 is 2.16 bits per heavy atom. The van der Waals surface area contributed by atoms with Crippen molar-refractivity contribution in [3.05, 3.63) is 16.5 Å². The summed E-state index contributed by atoms with van der Waals surface area (Å²) in [6, 6.07) is 1.78. The Balaban J connectivity index is 0.00000180. The number of carboxylic acids is 1. The van der Waals surface area contributed by atoms with Crippen molar-refractivity contribution in [1.29, 1.82) is 0 Å². The molecule has 1 aromatic heterocycles. The second kappa shape index (κ2) is 7.35. The molecule has 0 radical (unpaired) electrons. The largest absolute Gasteiger partial charge is 1.00 e. The van der Waals surface area contributed by atoms with E-state index in [2.05, 4.69) is 4.98 Å². The summed E-state index contributed by atoms with van der Waals surface area (Å²) >= 11 is 5.20. The minimum Gasteiger partial charge on any atom is -0.550 e. The number of aliphatic carboxylic acids is 1. The Labute approximate surface area is 138 Å². The van der Waals surface area contributed by atoms with Crippen molar-refractivity contribution in [3.63, 3.8) is 0 Å². The van der Waals surface area contributed by atoms with Crippen LogP contribution in [0.2, 0.25) is 0 Å². The zero-order valence-electron chi connectivity index (χ0n) is 11.1. The van der Waals surface area contributed by atoms with E-state index in [9.17, 15) is 9.90 Å². The molecule has 98 valence electrons. The number of anilines is 1. The number of carboxylic acid groups (broad SMARTS) is 1. The van der Waals surface area contributed by atoms with Crippen LogP contribution in [-0.4, -0.2) is 41.8 Å². The van der Waals surface area contributed by atoms with Gasteiger partial charge in [0.1, 0.15) is 16.3 Å². The number of ether oxygens (including phenoxy) is 1. The molecule has 0 bridgehead atoms. The van der Waals surface area contributed by atoms with Gasteiger partial charge in [-0.15, -0.1) is 0 Å². The average Bonchev–Trinajstić information content (AvgIpc) is 2.35. The van der Waals surface area contributed by atoms with Gasteiger partial charge in [-0.05, 0) is 0 Å². The standard InChI is InChI=1S/C11H15N3O3S.Na/c1-13-8(7-11(15)16)12-9(6-10(13)18)14-2-4-17-5-3-14;/h6H,2-5,7H2,1H3,(H,15,16);/q;+1/p-1. The van der Waals surface area contributed by atoms with Gasteiger partial charge in [-0.2, -0.15) is 0 Å². The van der Waals surface area contributed by atoms with Crippen LogP contribution in [-0.2, 0) is 23.0 Å². The Morgan fingerprint density at radius 1 is 1.53 bits per heavy atom. The van der Waals surface area contributed by atoms with E-state index in [4.69, 9.17) is 17.0 Å². The maximum Gasteiger partial charge on any atom is 1.00 e. The van der Waals surface area contributed by atoms with Gasteiger partial charge in [0.2, 0.25) is 0 Å². The SMILES string of the molecule is Cn1c(CC(=O)[O-])nc(N2CCOCC2)cc1=S.[Na+]. The molecule has 0 spiro atoms. The van der Waals surface area contributed by atoms with Gasteiger partial charge in [0.25, 0.3) is 0 Å². The van der Waals surface area contributed by atoms with E-state index in [-0.39, 0.29) is 36.0 Å². The van der Waals surface area contributed by atoms with E-state index in [1.54, 1.807) is 17.7 Å². The minimum absolute atomic E-state index is 0. The van der Waals surface area contributed by atoms with Crippen LogP contribution in [0, 0.1) is 4.64 Å². The molecule has 6 nitrogen and oxygen atoms in total. The first-order valence-electron chi connectivity index (χ1n) is 5.67. The van der Waals surface area contributed by atoms with Gasteiger partial charge in [-0.3, -0.25) is 0 Å². The molecule has 0 aromatic carbocycles. The third kappa shape index (κ3) is 4.25. The summed E-state index contributed by atoms with van der Waals surface area (Å²) in [5, 5.41) is 10.7. The zero-order valence-corrected chi connectivity index (χ0v) is 13.9. The second-order valence-corrected chi connectivity index (χ2v) is 4.49. The second-order valence-electron chi connectivity index (χ2n) is 4.08. The van der Waals surface area contributed by atoms with Crippen molar-refractivity contribution < 1.29 is 44.2 Å². The van der Waals surface area contributed by atoms with Gasteiger partial charge in [0, 0.05) is 38.6 Å². The maximum atomic E-state index is 10.7. The molecular weight excluding hydrogens is 277 g/mol. The fourth-order valence-electron chi connectivity index (χ4n) is 1.82. The molecule has 8 heteroatoms. The van der Waals surface area contributed by atoms with Crippen LogP contribution in [0.4, 0.5) is 5.82 Å². The Hall–Kier alpha value is -0.470. The van der Waals surface area contributed by atoms with Crippen molar-refractivity contribution in [3.8, 4) is 0 Å². The molecule has 1 aliphatic rings. The van der Waals surface area contributed by atoms with Crippen molar-refractivity contribution >= 4 is 24.0 Å². The Morgan fingerprint density at radius 3 is 2.74 bits per heavy atom. The van der Waals surface area contributed by atoms with E-state index in [1.807, 2.05) is 4.90 Å². The van der Waals surface area contributed by atoms with Crippen LogP contribution in [0.3, 0.4) is 0 Å². The van der Waals surface area contributed by atoms with Crippen LogP contribution in [0.5, 0.6) is 0 Å². The first-order valence-corrected chi connectivity index (χ1v) is 6.08. The molecule has 0 amide bonds. The van der Waals surface area contributed by atoms with Gasteiger partial charge < -0.3 is 24.1 Å². The van der Waals surface area contributed by atoms with Crippen molar-refractivity contribution in [2.45, 2.75) is 6.42 Å². The smallest absolute Gasteiger partial charge is 0.550 e. The molecule has 1 fully saturated rings. The molecule has 0 unspecified atom stereocenters. The van der Waals surface area contributed by atoms with E-state index < -0.39 is 5.97 Å². The number of carbonyl (C=O) groups is 1. The molecule has 0 N–H and O–H groups in total. The molecule has 0 saturated carbocycles. The fourth-order valence-corrected chi connectivity index (χ4v) is 2.03. The molecule has 2 rings (SSSR count). The third-order valence-electron chi connectivity index (χ3n) is 2.85. The number of rotatable bonds is 3. The monoisotopic (exact) mass is 291 g/mol. The molecule has 0 aliphatic carbocycles. The van der Waals surface area contributed by atoms with Crippen LogP contribution < -0.4 is 39.6 Å². The van der Waals surface area contributed by atoms with Crippen LogP contribution in [0.15, 0.2) is 6.07 Å². The average molecular weight is 291 g/mol. The summed E-state index contributed by atoms with van der Waals surface area (Å²) in [6.07, 6.45) is -0.238. The summed E-state index contributed by atoms with van der Waals surface area (Å²) in [4.78, 5) is 17.1. The first kappa shape index (κ1) is 16.6. The molecule has 19 heavy (non-hydrogen) atoms. The number of aromatic nitrogens is 2. The maximum absolute atomic E-state index is 10.7. The minimum atomic E-state index is -1.16. The number of morpholine rings is 1. The molecule has 1 aliphatic heterocycles. The molecule has 0 atom stereocenters. The molecule has 2 heterocycles. The fraction of sp³-hybridized carbons (Fsp3) is 0.545. The Kier molecular flexibility index (Phi) is 6.41. The van der Waals surface area contributed by atoms with Crippen LogP contribution in [0.25, 0.3) is 0 Å². The van der Waals surface area contributed by atoms with Gasteiger partial charge in [0.15, 0.2) is 0 Å². The summed E-state index contributed by atoms with van der Waals surface area (Å²) in [7, 11) is 1.71.